The standard InChI is InChI=1S/C18H23N3O2/c1-4-16-15(10-11-19-17(22)5-2)18(23)21(20-16)12-14-9-7-6-8-13(14)3/h5-9,15H,2,4,10-12H2,1,3H3,(H,19,22). The number of hydrazone groups is 1. The summed E-state index contributed by atoms with van der Waals surface area (Å²) in [5.74, 6) is -0.450. The molecular formula is C18H23N3O2. The molecule has 1 aromatic carbocycles. The number of nitrogens with one attached hydrogen (secondary N) is 1. The number of carbonyl (C=O) groups excluding carboxylic acids is 2. The predicted octanol–water partition coefficient (Wildman–Crippen LogP) is 2.41. The first-order chi connectivity index (χ1) is 11.1. The Hall–Kier alpha value is -2.43. The van der Waals surface area contributed by atoms with Gasteiger partial charge in [-0.3, -0.25) is 9.59 Å². The maximum absolute atomic E-state index is 12.6. The molecule has 1 heterocycles. The van der Waals surface area contributed by atoms with Crippen LogP contribution >= 0.6 is 0 Å². The highest BCUT2D eigenvalue weighted by molar-refractivity contribution is 6.07. The van der Waals surface area contributed by atoms with Crippen molar-refractivity contribution < 1.29 is 9.59 Å². The van der Waals surface area contributed by atoms with Crippen molar-refractivity contribution in [3.63, 3.8) is 0 Å². The predicted molar refractivity (Wildman–Crippen MR) is 90.8 cm³/mol. The van der Waals surface area contributed by atoms with Gasteiger partial charge in [0.1, 0.15) is 0 Å². The molecule has 1 aliphatic heterocycles. The number of nitrogens with zero attached hydrogens (tertiary/aromatic N) is 2. The van der Waals surface area contributed by atoms with Gasteiger partial charge in [0.05, 0.1) is 18.2 Å². The number of carbonyl (C=O) groups is 2. The summed E-state index contributed by atoms with van der Waals surface area (Å²) >= 11 is 0. The fourth-order valence-electron chi connectivity index (χ4n) is 2.68. The molecule has 5 nitrogen and oxygen atoms in total. The Morgan fingerprint density at radius 3 is 2.83 bits per heavy atom. The largest absolute Gasteiger partial charge is 0.353 e. The molecule has 23 heavy (non-hydrogen) atoms. The number of aryl methyl sites for hydroxylation is 1. The quantitative estimate of drug-likeness (QED) is 0.786. The van der Waals surface area contributed by atoms with Gasteiger partial charge < -0.3 is 5.32 Å². The Morgan fingerprint density at radius 2 is 2.17 bits per heavy atom. The van der Waals surface area contributed by atoms with Gasteiger partial charge in [0, 0.05) is 6.54 Å². The lowest BCUT2D eigenvalue weighted by atomic mass is 9.97. The van der Waals surface area contributed by atoms with Gasteiger partial charge in [-0.1, -0.05) is 37.8 Å². The van der Waals surface area contributed by atoms with Gasteiger partial charge in [-0.15, -0.1) is 0 Å². The minimum Gasteiger partial charge on any atom is -0.353 e. The van der Waals surface area contributed by atoms with Crippen LogP contribution in [0.15, 0.2) is 42.0 Å². The Morgan fingerprint density at radius 1 is 1.43 bits per heavy atom. The van der Waals surface area contributed by atoms with Crippen LogP contribution < -0.4 is 5.32 Å². The third-order valence-corrected chi connectivity index (χ3v) is 4.07. The maximum Gasteiger partial charge on any atom is 0.251 e. The molecule has 5 heteroatoms. The van der Waals surface area contributed by atoms with Crippen molar-refractivity contribution in [3.05, 3.63) is 48.0 Å². The second kappa shape index (κ2) is 7.72. The zero-order valence-corrected chi connectivity index (χ0v) is 13.7. The van der Waals surface area contributed by atoms with Gasteiger partial charge >= 0.3 is 0 Å². The molecule has 2 rings (SSSR count). The average Bonchev–Trinajstić information content (AvgIpc) is 2.85. The number of amides is 2. The van der Waals surface area contributed by atoms with Crippen molar-refractivity contribution in [2.24, 2.45) is 11.0 Å². The maximum atomic E-state index is 12.6. The Labute approximate surface area is 137 Å². The van der Waals surface area contributed by atoms with E-state index in [9.17, 15) is 9.59 Å². The van der Waals surface area contributed by atoms with Crippen LogP contribution in [0.4, 0.5) is 0 Å². The smallest absolute Gasteiger partial charge is 0.251 e. The van der Waals surface area contributed by atoms with E-state index >= 15 is 0 Å². The molecule has 1 N–H and O–H groups in total. The topological polar surface area (TPSA) is 61.8 Å². The van der Waals surface area contributed by atoms with Crippen LogP contribution in [0, 0.1) is 12.8 Å². The summed E-state index contributed by atoms with van der Waals surface area (Å²) in [4.78, 5) is 23.8. The molecule has 0 fully saturated rings. The fourth-order valence-corrected chi connectivity index (χ4v) is 2.68. The minimum absolute atomic E-state index is 0.0120. The summed E-state index contributed by atoms with van der Waals surface area (Å²) < 4.78 is 0. The molecular weight excluding hydrogens is 290 g/mol. The van der Waals surface area contributed by atoms with E-state index in [0.29, 0.717) is 19.5 Å². The summed E-state index contributed by atoms with van der Waals surface area (Å²) in [7, 11) is 0. The van der Waals surface area contributed by atoms with Crippen molar-refractivity contribution in [1.82, 2.24) is 10.3 Å². The summed E-state index contributed by atoms with van der Waals surface area (Å²) in [5, 5.41) is 8.76. The van der Waals surface area contributed by atoms with Crippen LogP contribution in [0.3, 0.4) is 0 Å². The zero-order valence-electron chi connectivity index (χ0n) is 13.7. The first-order valence-electron chi connectivity index (χ1n) is 7.90. The number of hydrogen-bond acceptors (Lipinski definition) is 3. The molecule has 0 saturated carbocycles. The molecule has 1 unspecified atom stereocenters. The first kappa shape index (κ1) is 16.9. The van der Waals surface area contributed by atoms with E-state index < -0.39 is 0 Å². The second-order valence-corrected chi connectivity index (χ2v) is 5.60. The molecule has 0 spiro atoms. The monoisotopic (exact) mass is 313 g/mol. The second-order valence-electron chi connectivity index (χ2n) is 5.60. The van der Waals surface area contributed by atoms with E-state index in [1.165, 1.54) is 6.08 Å². The van der Waals surface area contributed by atoms with Gasteiger partial charge in [-0.25, -0.2) is 5.01 Å². The molecule has 0 saturated heterocycles. The third-order valence-electron chi connectivity index (χ3n) is 4.07. The van der Waals surface area contributed by atoms with Gasteiger partial charge in [0.25, 0.3) is 5.91 Å². The van der Waals surface area contributed by atoms with Gasteiger partial charge in [0.15, 0.2) is 0 Å². The van der Waals surface area contributed by atoms with E-state index in [0.717, 1.165) is 23.3 Å². The zero-order chi connectivity index (χ0) is 16.8. The van der Waals surface area contributed by atoms with Crippen molar-refractivity contribution >= 4 is 17.5 Å². The summed E-state index contributed by atoms with van der Waals surface area (Å²) in [6, 6.07) is 8.00. The highest BCUT2D eigenvalue weighted by Crippen LogP contribution is 2.23. The third kappa shape index (κ3) is 4.06. The van der Waals surface area contributed by atoms with E-state index in [1.54, 1.807) is 5.01 Å². The van der Waals surface area contributed by atoms with E-state index in [1.807, 2.05) is 38.1 Å². The van der Waals surface area contributed by atoms with Crippen LogP contribution in [-0.2, 0) is 16.1 Å². The van der Waals surface area contributed by atoms with Gasteiger partial charge in [-0.2, -0.15) is 5.10 Å². The summed E-state index contributed by atoms with van der Waals surface area (Å²) in [5.41, 5.74) is 3.13. The van der Waals surface area contributed by atoms with E-state index in [4.69, 9.17) is 0 Å². The molecule has 2 amide bonds. The molecule has 1 atom stereocenters. The van der Waals surface area contributed by atoms with E-state index in [-0.39, 0.29) is 17.7 Å². The van der Waals surface area contributed by atoms with Gasteiger partial charge in [-0.05, 0) is 37.0 Å². The first-order valence-corrected chi connectivity index (χ1v) is 7.90. The van der Waals surface area contributed by atoms with E-state index in [2.05, 4.69) is 17.0 Å². The SMILES string of the molecule is C=CC(=O)NCCC1C(=O)N(Cc2ccccc2C)N=C1CC. The van der Waals surface area contributed by atoms with Crippen LogP contribution in [0.25, 0.3) is 0 Å². The van der Waals surface area contributed by atoms with Crippen LogP contribution in [-0.4, -0.2) is 29.1 Å². The Kier molecular flexibility index (Phi) is 5.68. The number of rotatable bonds is 7. The number of hydrogen-bond donors (Lipinski definition) is 1. The highest BCUT2D eigenvalue weighted by Gasteiger charge is 2.34. The highest BCUT2D eigenvalue weighted by atomic mass is 16.2. The van der Waals surface area contributed by atoms with Crippen molar-refractivity contribution in [2.45, 2.75) is 33.2 Å². The number of benzene rings is 1. The fraction of sp³-hybridized carbons (Fsp3) is 0.389. The lowest BCUT2D eigenvalue weighted by Gasteiger charge is -2.16. The molecule has 0 bridgehead atoms. The lowest BCUT2D eigenvalue weighted by molar-refractivity contribution is -0.132. The molecule has 1 aromatic rings. The molecule has 0 aromatic heterocycles. The van der Waals surface area contributed by atoms with Gasteiger partial charge in [0.2, 0.25) is 5.91 Å². The van der Waals surface area contributed by atoms with Crippen molar-refractivity contribution in [2.75, 3.05) is 6.54 Å². The Balaban J connectivity index is 2.02. The Bertz CT molecular complexity index is 637. The molecule has 0 radical (unpaired) electrons. The van der Waals surface area contributed by atoms with Crippen LogP contribution in [0.2, 0.25) is 0 Å². The average molecular weight is 313 g/mol. The van der Waals surface area contributed by atoms with Crippen LogP contribution in [0.1, 0.15) is 30.9 Å². The molecule has 122 valence electrons. The van der Waals surface area contributed by atoms with Crippen LogP contribution in [0.5, 0.6) is 0 Å². The normalized spacial score (nSPS) is 17.1. The van der Waals surface area contributed by atoms with Crippen molar-refractivity contribution in [1.29, 1.82) is 0 Å². The lowest BCUT2D eigenvalue weighted by Crippen LogP contribution is -2.31. The van der Waals surface area contributed by atoms with Crippen molar-refractivity contribution in [3.8, 4) is 0 Å². The molecule has 1 aliphatic rings. The summed E-state index contributed by atoms with van der Waals surface area (Å²) in [6.45, 7) is 8.38. The molecule has 0 aliphatic carbocycles. The minimum atomic E-state index is -0.242. The summed E-state index contributed by atoms with van der Waals surface area (Å²) in [6.07, 6.45) is 2.53.